The first kappa shape index (κ1) is 19.9. The highest BCUT2D eigenvalue weighted by Gasteiger charge is 2.32. The van der Waals surface area contributed by atoms with Crippen molar-refractivity contribution in [2.45, 2.75) is 45.5 Å². The van der Waals surface area contributed by atoms with Crippen molar-refractivity contribution in [1.82, 2.24) is 14.8 Å². The molecule has 0 spiro atoms. The van der Waals surface area contributed by atoms with Gasteiger partial charge < -0.3 is 19.5 Å². The van der Waals surface area contributed by atoms with Crippen LogP contribution in [-0.4, -0.2) is 40.5 Å². The van der Waals surface area contributed by atoms with Crippen LogP contribution in [0.1, 0.15) is 51.9 Å². The van der Waals surface area contributed by atoms with Gasteiger partial charge in [-0.2, -0.15) is 0 Å². The van der Waals surface area contributed by atoms with Crippen LogP contribution in [0.5, 0.6) is 0 Å². The molecule has 2 amide bonds. The molecule has 0 aliphatic carbocycles. The molecule has 29 heavy (non-hydrogen) atoms. The highest BCUT2D eigenvalue weighted by molar-refractivity contribution is 6.31. The molecule has 3 heterocycles. The van der Waals surface area contributed by atoms with Crippen molar-refractivity contribution in [3.05, 3.63) is 57.6 Å². The molecule has 1 fully saturated rings. The predicted molar refractivity (Wildman–Crippen MR) is 106 cm³/mol. The van der Waals surface area contributed by atoms with Crippen LogP contribution in [-0.2, 0) is 24.4 Å². The van der Waals surface area contributed by atoms with Crippen LogP contribution in [0.4, 0.5) is 4.39 Å². The minimum atomic E-state index is -0.473. The fourth-order valence-electron chi connectivity index (χ4n) is 4.05. The van der Waals surface area contributed by atoms with Gasteiger partial charge in [0.1, 0.15) is 11.5 Å². The van der Waals surface area contributed by atoms with Gasteiger partial charge in [-0.05, 0) is 38.0 Å². The first-order valence-corrected chi connectivity index (χ1v) is 10.2. The molecule has 1 N–H and O–H groups in total. The summed E-state index contributed by atoms with van der Waals surface area (Å²) in [5.41, 5.74) is 1.79. The van der Waals surface area contributed by atoms with Gasteiger partial charge in [-0.15, -0.1) is 0 Å². The van der Waals surface area contributed by atoms with Crippen LogP contribution in [0, 0.1) is 5.82 Å². The first-order chi connectivity index (χ1) is 14.0. The van der Waals surface area contributed by atoms with E-state index < -0.39 is 5.82 Å². The van der Waals surface area contributed by atoms with Crippen molar-refractivity contribution in [3.63, 3.8) is 0 Å². The molecule has 1 atom stereocenters. The lowest BCUT2D eigenvalue weighted by Gasteiger charge is -2.24. The van der Waals surface area contributed by atoms with Gasteiger partial charge in [-0.3, -0.25) is 9.59 Å². The lowest BCUT2D eigenvalue weighted by atomic mass is 10.1. The third kappa shape index (κ3) is 3.76. The number of carbonyl (C=O) groups is 2. The Morgan fingerprint density at radius 2 is 2.17 bits per heavy atom. The number of hydrogen-bond donors (Lipinski definition) is 1. The zero-order chi connectivity index (χ0) is 20.5. The Kier molecular flexibility index (Phi) is 5.61. The maximum Gasteiger partial charge on any atom is 0.270 e. The van der Waals surface area contributed by atoms with E-state index in [-0.39, 0.29) is 41.6 Å². The third-order valence-electron chi connectivity index (χ3n) is 5.67. The fraction of sp³-hybridized carbons (Fsp3) is 0.429. The van der Waals surface area contributed by atoms with E-state index in [4.69, 9.17) is 16.3 Å². The standard InChI is InChI=1S/C21H23ClFN3O3/c1-13-4-3-7-25(13)21(28)18-10-14(19-12-29-9-8-26(18)19)20(27)24-11-15-16(22)5-2-6-17(15)23/h2,5-6,10,13H,3-4,7-9,11-12H2,1H3,(H,24,27). The predicted octanol–water partition coefficient (Wildman–Crippen LogP) is 3.37. The number of fused-ring (bicyclic) bond motifs is 1. The van der Waals surface area contributed by atoms with Crippen molar-refractivity contribution in [3.8, 4) is 0 Å². The van der Waals surface area contributed by atoms with Crippen molar-refractivity contribution in [1.29, 1.82) is 0 Å². The van der Waals surface area contributed by atoms with Crippen molar-refractivity contribution in [2.24, 2.45) is 0 Å². The number of nitrogens with one attached hydrogen (secondary N) is 1. The summed E-state index contributed by atoms with van der Waals surface area (Å²) >= 11 is 6.04. The monoisotopic (exact) mass is 419 g/mol. The fourth-order valence-corrected chi connectivity index (χ4v) is 4.28. The second-order valence-electron chi connectivity index (χ2n) is 7.47. The van der Waals surface area contributed by atoms with E-state index in [2.05, 4.69) is 5.32 Å². The average molecular weight is 420 g/mol. The molecular weight excluding hydrogens is 397 g/mol. The number of carbonyl (C=O) groups excluding carboxylic acids is 2. The lowest BCUT2D eigenvalue weighted by Crippen LogP contribution is -2.35. The number of rotatable bonds is 4. The van der Waals surface area contributed by atoms with Crippen LogP contribution in [0.2, 0.25) is 5.02 Å². The molecule has 1 unspecified atom stereocenters. The molecule has 6 nitrogen and oxygen atoms in total. The summed E-state index contributed by atoms with van der Waals surface area (Å²) in [5.74, 6) is -0.916. The molecule has 0 bridgehead atoms. The highest BCUT2D eigenvalue weighted by atomic mass is 35.5. The van der Waals surface area contributed by atoms with Gasteiger partial charge in [0, 0.05) is 36.3 Å². The number of ether oxygens (including phenoxy) is 1. The van der Waals surface area contributed by atoms with E-state index in [9.17, 15) is 14.0 Å². The minimum Gasteiger partial charge on any atom is -0.373 e. The zero-order valence-corrected chi connectivity index (χ0v) is 17.0. The van der Waals surface area contributed by atoms with E-state index in [1.165, 1.54) is 12.1 Å². The van der Waals surface area contributed by atoms with Gasteiger partial charge in [0.2, 0.25) is 0 Å². The summed E-state index contributed by atoms with van der Waals surface area (Å²) in [6, 6.07) is 6.22. The molecule has 8 heteroatoms. The van der Waals surface area contributed by atoms with Gasteiger partial charge in [0.25, 0.3) is 11.8 Å². The quantitative estimate of drug-likeness (QED) is 0.826. The summed E-state index contributed by atoms with van der Waals surface area (Å²) in [6.45, 7) is 3.99. The van der Waals surface area contributed by atoms with Crippen LogP contribution in [0.15, 0.2) is 24.3 Å². The van der Waals surface area contributed by atoms with E-state index in [1.807, 2.05) is 16.4 Å². The summed E-state index contributed by atoms with van der Waals surface area (Å²) in [5, 5.41) is 2.98. The topological polar surface area (TPSA) is 63.6 Å². The molecule has 154 valence electrons. The highest BCUT2D eigenvalue weighted by Crippen LogP contribution is 2.26. The van der Waals surface area contributed by atoms with Gasteiger partial charge >= 0.3 is 0 Å². The number of halogens is 2. The Morgan fingerprint density at radius 3 is 2.90 bits per heavy atom. The van der Waals surface area contributed by atoms with E-state index in [0.717, 1.165) is 19.4 Å². The summed E-state index contributed by atoms with van der Waals surface area (Å²) in [6.07, 6.45) is 1.97. The molecule has 2 aliphatic rings. The Hall–Kier alpha value is -2.38. The second-order valence-corrected chi connectivity index (χ2v) is 7.87. The lowest BCUT2D eigenvalue weighted by molar-refractivity contribution is 0.0684. The Balaban J connectivity index is 1.59. The number of benzene rings is 1. The first-order valence-electron chi connectivity index (χ1n) is 9.79. The van der Waals surface area contributed by atoms with E-state index >= 15 is 0 Å². The maximum atomic E-state index is 14.0. The van der Waals surface area contributed by atoms with Crippen LogP contribution < -0.4 is 5.32 Å². The Bertz CT molecular complexity index is 939. The minimum absolute atomic E-state index is 0.0394. The summed E-state index contributed by atoms with van der Waals surface area (Å²) < 4.78 is 21.4. The van der Waals surface area contributed by atoms with Crippen LogP contribution in [0.25, 0.3) is 0 Å². The molecule has 1 aromatic heterocycles. The molecule has 2 aromatic rings. The number of likely N-dealkylation sites (tertiary alicyclic amines) is 1. The summed E-state index contributed by atoms with van der Waals surface area (Å²) in [7, 11) is 0. The van der Waals surface area contributed by atoms with Gasteiger partial charge in [-0.1, -0.05) is 17.7 Å². The molecule has 1 aromatic carbocycles. The second kappa shape index (κ2) is 8.16. The number of nitrogens with zero attached hydrogens (tertiary/aromatic N) is 2. The number of aromatic nitrogens is 1. The van der Waals surface area contributed by atoms with Gasteiger partial charge in [0.15, 0.2) is 0 Å². The molecule has 0 radical (unpaired) electrons. The molecule has 4 rings (SSSR count). The van der Waals surface area contributed by atoms with Crippen molar-refractivity contribution < 1.29 is 18.7 Å². The third-order valence-corrected chi connectivity index (χ3v) is 6.03. The van der Waals surface area contributed by atoms with Crippen molar-refractivity contribution in [2.75, 3.05) is 13.2 Å². The summed E-state index contributed by atoms with van der Waals surface area (Å²) in [4.78, 5) is 27.8. The molecule has 0 saturated carbocycles. The molecule has 2 aliphatic heterocycles. The normalized spacial score (nSPS) is 18.6. The number of amides is 2. The Labute approximate surface area is 173 Å². The van der Waals surface area contributed by atoms with E-state index in [0.29, 0.717) is 30.1 Å². The average Bonchev–Trinajstić information content (AvgIpc) is 3.31. The van der Waals surface area contributed by atoms with Crippen LogP contribution in [0.3, 0.4) is 0 Å². The smallest absolute Gasteiger partial charge is 0.270 e. The zero-order valence-electron chi connectivity index (χ0n) is 16.2. The van der Waals surface area contributed by atoms with Crippen molar-refractivity contribution >= 4 is 23.4 Å². The Morgan fingerprint density at radius 1 is 1.34 bits per heavy atom. The van der Waals surface area contributed by atoms with E-state index in [1.54, 1.807) is 12.1 Å². The largest absolute Gasteiger partial charge is 0.373 e. The molecular formula is C21H23ClFN3O3. The SMILES string of the molecule is CC1CCCN1C(=O)c1cc(C(=O)NCc2c(F)cccc2Cl)c2n1CCOC2. The molecule has 1 saturated heterocycles. The van der Waals surface area contributed by atoms with Crippen LogP contribution >= 0.6 is 11.6 Å². The van der Waals surface area contributed by atoms with Gasteiger partial charge in [0.05, 0.1) is 24.5 Å². The maximum absolute atomic E-state index is 14.0. The van der Waals surface area contributed by atoms with Gasteiger partial charge in [-0.25, -0.2) is 4.39 Å². The number of hydrogen-bond acceptors (Lipinski definition) is 3.